The predicted octanol–water partition coefficient (Wildman–Crippen LogP) is 1.62. The average Bonchev–Trinajstić information content (AvgIpc) is 2.35. The van der Waals surface area contributed by atoms with Gasteiger partial charge < -0.3 is 17.6 Å². The third kappa shape index (κ3) is 83.9. The predicted molar refractivity (Wildman–Crippen MR) is 58.1 cm³/mol. The van der Waals surface area contributed by atoms with Crippen LogP contribution in [0.2, 0.25) is 0 Å². The Bertz CT molecular complexity index is 178. The summed E-state index contributed by atoms with van der Waals surface area (Å²) in [6.45, 7) is 8.83. The number of rotatable bonds is 0. The van der Waals surface area contributed by atoms with Crippen LogP contribution in [0, 0.1) is 47.8 Å². The molecule has 0 fully saturated rings. The van der Waals surface area contributed by atoms with Crippen LogP contribution in [0.15, 0.2) is 55.0 Å². The molecule has 0 unspecified atom stereocenters. The van der Waals surface area contributed by atoms with Gasteiger partial charge in [-0.3, -0.25) is 0 Å². The third-order valence-electron chi connectivity index (χ3n) is 0.556. The minimum Gasteiger partial charge on any atom is -0.876 e. The molecule has 0 heterocycles. The average molecular weight is 345 g/mol. The van der Waals surface area contributed by atoms with Gasteiger partial charge >= 0.3 is 0 Å². The summed E-state index contributed by atoms with van der Waals surface area (Å²) in [5, 5.41) is 18.7. The van der Waals surface area contributed by atoms with Crippen molar-refractivity contribution in [2.75, 3.05) is 0 Å². The molecule has 0 atom stereocenters. The molecule has 0 N–H and O–H groups in total. The van der Waals surface area contributed by atoms with E-state index in [1.165, 1.54) is 13.8 Å². The van der Waals surface area contributed by atoms with Gasteiger partial charge in [0.1, 0.15) is 0 Å². The first kappa shape index (κ1) is 24.1. The van der Waals surface area contributed by atoms with Gasteiger partial charge in [-0.1, -0.05) is 13.8 Å². The second kappa shape index (κ2) is 19.4. The van der Waals surface area contributed by atoms with Gasteiger partial charge in [0, 0.05) is 40.4 Å². The van der Waals surface area contributed by atoms with Crippen LogP contribution in [-0.4, -0.2) is 0 Å². The van der Waals surface area contributed by atoms with Crippen molar-refractivity contribution in [3.05, 3.63) is 62.4 Å². The Hall–Kier alpha value is -0.232. The fourth-order valence-electron chi connectivity index (χ4n) is 0.321. The summed E-state index contributed by atoms with van der Waals surface area (Å²) in [4.78, 5) is 0. The summed E-state index contributed by atoms with van der Waals surface area (Å²) >= 11 is 0. The van der Waals surface area contributed by atoms with Crippen molar-refractivity contribution in [1.82, 2.24) is 0 Å². The van der Waals surface area contributed by atoms with Crippen LogP contribution >= 0.6 is 0 Å². The zero-order valence-corrected chi connectivity index (χ0v) is 12.1. The minimum absolute atomic E-state index is 0. The summed E-state index contributed by atoms with van der Waals surface area (Å²) in [5.41, 5.74) is 0. The molecule has 0 saturated heterocycles. The van der Waals surface area contributed by atoms with Gasteiger partial charge in [-0.15, -0.1) is 24.7 Å². The van der Waals surface area contributed by atoms with E-state index in [-0.39, 0.29) is 59.3 Å². The Balaban J connectivity index is -0.0000000575. The van der Waals surface area contributed by atoms with Crippen LogP contribution in [0.3, 0.4) is 0 Å². The van der Waals surface area contributed by atoms with Crippen molar-refractivity contribution < 1.29 is 50.6 Å². The first-order valence-electron chi connectivity index (χ1n) is 3.78. The third-order valence-corrected chi connectivity index (χ3v) is 0.556. The van der Waals surface area contributed by atoms with E-state index in [0.29, 0.717) is 0 Å². The minimum atomic E-state index is -0.0833. The maximum Gasteiger partial charge on any atom is 0 e. The summed E-state index contributed by atoms with van der Waals surface area (Å²) in [5.74, 6) is -0.167. The van der Waals surface area contributed by atoms with Crippen molar-refractivity contribution in [2.45, 2.75) is 13.8 Å². The van der Waals surface area contributed by atoms with E-state index >= 15 is 0 Å². The van der Waals surface area contributed by atoms with Gasteiger partial charge in [0.15, 0.2) is 0 Å². The number of allylic oxidation sites excluding steroid dienone is 2. The second-order valence-corrected chi connectivity index (χ2v) is 2.37. The molecule has 0 aliphatic carbocycles. The molecule has 1 rings (SSSR count). The molecule has 2 nitrogen and oxygen atoms in total. The quantitative estimate of drug-likeness (QED) is 0.530. The van der Waals surface area contributed by atoms with Gasteiger partial charge in [-0.25, -0.2) is 12.1 Å². The van der Waals surface area contributed by atoms with Crippen LogP contribution in [0.1, 0.15) is 13.8 Å². The first-order valence-corrected chi connectivity index (χ1v) is 3.78. The van der Waals surface area contributed by atoms with Crippen LogP contribution in [0.5, 0.6) is 0 Å². The molecule has 0 aliphatic rings. The van der Waals surface area contributed by atoms with E-state index in [4.69, 9.17) is 0 Å². The largest absolute Gasteiger partial charge is 0.876 e. The normalized spacial score (nSPS) is 6.00. The van der Waals surface area contributed by atoms with Crippen molar-refractivity contribution in [3.63, 3.8) is 0 Å². The molecule has 0 saturated carbocycles. The van der Waals surface area contributed by atoms with E-state index in [1.807, 2.05) is 30.3 Å². The molecule has 0 aromatic heterocycles. The van der Waals surface area contributed by atoms with Crippen LogP contribution < -0.4 is 10.2 Å². The van der Waals surface area contributed by atoms with E-state index in [2.05, 4.69) is 13.2 Å². The van der Waals surface area contributed by atoms with Gasteiger partial charge in [0.05, 0.1) is 0 Å². The Kier molecular flexibility index (Phi) is 31.2. The smallest absolute Gasteiger partial charge is 0 e. The maximum absolute atomic E-state index is 9.33. The van der Waals surface area contributed by atoms with Gasteiger partial charge in [0.2, 0.25) is 0 Å². The zero-order chi connectivity index (χ0) is 10.7. The van der Waals surface area contributed by atoms with Crippen molar-refractivity contribution in [3.8, 4) is 0 Å². The van der Waals surface area contributed by atoms with Crippen LogP contribution in [0.25, 0.3) is 0 Å². The van der Waals surface area contributed by atoms with E-state index < -0.39 is 0 Å². The van der Waals surface area contributed by atoms with Crippen LogP contribution in [0.4, 0.5) is 0 Å². The van der Waals surface area contributed by atoms with Crippen molar-refractivity contribution in [1.29, 1.82) is 0 Å². The Morgan fingerprint density at radius 3 is 1.27 bits per heavy atom. The Morgan fingerprint density at radius 1 is 1.00 bits per heavy atom. The SMILES string of the molecule is C=C(C)[O-].C=C(C)[O-].[CH3-].[Sm].c1cc[cH-]c1. The molecule has 1 aromatic rings. The molecular formula is C12H18O2Sm-4. The van der Waals surface area contributed by atoms with Gasteiger partial charge in [-0.05, 0) is 0 Å². The molecule has 3 heteroatoms. The summed E-state index contributed by atoms with van der Waals surface area (Å²) < 4.78 is 0. The molecule has 0 bridgehead atoms. The summed E-state index contributed by atoms with van der Waals surface area (Å²) in [7, 11) is 0. The van der Waals surface area contributed by atoms with Crippen molar-refractivity contribution in [2.24, 2.45) is 0 Å². The summed E-state index contributed by atoms with van der Waals surface area (Å²) in [6.07, 6.45) is 0. The molecule has 0 radical (unpaired) electrons. The Morgan fingerprint density at radius 2 is 1.20 bits per heavy atom. The summed E-state index contributed by atoms with van der Waals surface area (Å²) in [6, 6.07) is 10.0. The standard InChI is InChI=1S/C5H5.2C3H6O.CH3.Sm/c1-2-4-5-3-1;2*1-3(2)4;;/h1-5H;2*4H,1H2,2H3;1H3;/q-1;;;-1;/p-2. The zero-order valence-electron chi connectivity index (χ0n) is 9.53. The number of hydrogen-bond donors (Lipinski definition) is 0. The van der Waals surface area contributed by atoms with E-state index in [9.17, 15) is 10.2 Å². The maximum atomic E-state index is 9.33. The molecular weight excluding hydrogens is 326 g/mol. The first-order chi connectivity index (χ1) is 5.96. The van der Waals surface area contributed by atoms with Gasteiger partial charge in [-0.2, -0.15) is 18.2 Å². The van der Waals surface area contributed by atoms with E-state index in [0.717, 1.165) is 0 Å². The van der Waals surface area contributed by atoms with E-state index in [1.54, 1.807) is 0 Å². The fourth-order valence-corrected chi connectivity index (χ4v) is 0.321. The molecule has 0 spiro atoms. The van der Waals surface area contributed by atoms with Crippen LogP contribution in [-0.2, 0) is 0 Å². The Labute approximate surface area is 126 Å². The van der Waals surface area contributed by atoms with Gasteiger partial charge in [0.25, 0.3) is 0 Å². The topological polar surface area (TPSA) is 46.1 Å². The molecule has 88 valence electrons. The molecule has 15 heavy (non-hydrogen) atoms. The fraction of sp³-hybridized carbons (Fsp3) is 0.167. The monoisotopic (exact) mass is 346 g/mol. The number of hydrogen-bond acceptors (Lipinski definition) is 2. The molecule has 1 aromatic carbocycles. The van der Waals surface area contributed by atoms with Crippen molar-refractivity contribution >= 4 is 0 Å². The molecule has 0 aliphatic heterocycles. The second-order valence-electron chi connectivity index (χ2n) is 2.37. The molecule has 0 amide bonds.